The number of fused-ring (bicyclic) bond motifs is 1. The van der Waals surface area contributed by atoms with E-state index in [1.54, 1.807) is 24.3 Å². The summed E-state index contributed by atoms with van der Waals surface area (Å²) in [6.07, 6.45) is 0. The summed E-state index contributed by atoms with van der Waals surface area (Å²) in [6.45, 7) is 0.0164. The van der Waals surface area contributed by atoms with Crippen LogP contribution in [0, 0.1) is 11.6 Å². The van der Waals surface area contributed by atoms with E-state index in [9.17, 15) is 14.0 Å². The molecule has 1 aromatic heterocycles. The van der Waals surface area contributed by atoms with Crippen molar-refractivity contribution in [2.45, 2.75) is 6.54 Å². The fourth-order valence-electron chi connectivity index (χ4n) is 2.28. The van der Waals surface area contributed by atoms with E-state index in [1.807, 2.05) is 0 Å². The number of hydrogen-bond acceptors (Lipinski definition) is 4. The molecule has 0 radical (unpaired) electrons. The lowest BCUT2D eigenvalue weighted by Crippen LogP contribution is -2.15. The van der Waals surface area contributed by atoms with Crippen LogP contribution in [0.1, 0.15) is 11.4 Å². The third-order valence-electron chi connectivity index (χ3n) is 3.35. The molecule has 2 aromatic carbocycles. The smallest absolute Gasteiger partial charge is 0.186 e. The molecule has 6 nitrogen and oxygen atoms in total. The Hall–Kier alpha value is -2.71. The zero-order valence-corrected chi connectivity index (χ0v) is 12.9. The number of halogens is 3. The predicted molar refractivity (Wildman–Crippen MR) is 87.3 cm³/mol. The first-order valence-electron chi connectivity index (χ1n) is 6.85. The maximum atomic E-state index is 13.9. The number of oxime groups is 1. The van der Waals surface area contributed by atoms with Gasteiger partial charge in [0, 0.05) is 16.3 Å². The Bertz CT molecular complexity index is 941. The minimum absolute atomic E-state index is 0.0164. The van der Waals surface area contributed by atoms with Gasteiger partial charge in [-0.1, -0.05) is 22.8 Å². The molecule has 0 aliphatic rings. The number of benzene rings is 2. The van der Waals surface area contributed by atoms with Crippen molar-refractivity contribution < 1.29 is 14.0 Å². The highest BCUT2D eigenvalue weighted by Crippen LogP contribution is 2.24. The van der Waals surface area contributed by atoms with Gasteiger partial charge in [0.15, 0.2) is 17.5 Å². The quantitative estimate of drug-likeness (QED) is 0.252. The van der Waals surface area contributed by atoms with Gasteiger partial charge in [0.2, 0.25) is 0 Å². The summed E-state index contributed by atoms with van der Waals surface area (Å²) in [7, 11) is 0. The van der Waals surface area contributed by atoms with E-state index < -0.39 is 11.6 Å². The number of aromatic amines is 1. The van der Waals surface area contributed by atoms with Crippen LogP contribution in [0.15, 0.2) is 35.5 Å². The van der Waals surface area contributed by atoms with E-state index >= 15 is 0 Å². The number of nitrogens with two attached hydrogens (primary N) is 1. The van der Waals surface area contributed by atoms with E-state index in [4.69, 9.17) is 17.3 Å². The molecular weight excluding hydrogens is 340 g/mol. The first-order valence-corrected chi connectivity index (χ1v) is 7.23. The van der Waals surface area contributed by atoms with Gasteiger partial charge in [0.05, 0.1) is 12.1 Å². The number of nitrogens with zero attached hydrogens (tertiary/aromatic N) is 2. The maximum absolute atomic E-state index is 13.9. The number of rotatable bonds is 3. The van der Waals surface area contributed by atoms with E-state index in [-0.39, 0.29) is 34.8 Å². The molecule has 5 N–H and O–H groups in total. The number of H-pyrrole nitrogens is 1. The monoisotopic (exact) mass is 351 g/mol. The fraction of sp³-hybridized carbons (Fsp3) is 0.0667. The number of anilines is 1. The van der Waals surface area contributed by atoms with Crippen LogP contribution in [0.2, 0.25) is 5.02 Å². The lowest BCUT2D eigenvalue weighted by atomic mass is 10.1. The summed E-state index contributed by atoms with van der Waals surface area (Å²) in [4.78, 5) is 6.70. The number of amidine groups is 1. The van der Waals surface area contributed by atoms with Crippen molar-refractivity contribution >= 4 is 34.2 Å². The summed E-state index contributed by atoms with van der Waals surface area (Å²) in [5.41, 5.74) is 6.02. The SMILES string of the molecule is NCc1nc2c(F)c(F)cc(C(=NO)Nc3cccc(Cl)c3)c2[nH]1. The van der Waals surface area contributed by atoms with E-state index in [0.29, 0.717) is 10.7 Å². The third kappa shape index (κ3) is 2.89. The van der Waals surface area contributed by atoms with E-state index in [1.165, 1.54) is 0 Å². The molecule has 3 rings (SSSR count). The Balaban J connectivity index is 2.12. The lowest BCUT2D eigenvalue weighted by Gasteiger charge is -2.10. The summed E-state index contributed by atoms with van der Waals surface area (Å²) >= 11 is 5.90. The average Bonchev–Trinajstić information content (AvgIpc) is 3.01. The molecule has 0 aliphatic carbocycles. The lowest BCUT2D eigenvalue weighted by molar-refractivity contribution is 0.319. The molecule has 0 bridgehead atoms. The normalized spacial score (nSPS) is 11.9. The summed E-state index contributed by atoms with van der Waals surface area (Å²) < 4.78 is 27.8. The molecule has 1 heterocycles. The molecule has 0 spiro atoms. The highest BCUT2D eigenvalue weighted by Gasteiger charge is 2.20. The maximum Gasteiger partial charge on any atom is 0.186 e. The molecule has 0 fully saturated rings. The zero-order chi connectivity index (χ0) is 17.3. The fourth-order valence-corrected chi connectivity index (χ4v) is 2.47. The molecular formula is C15H12ClF2N5O. The van der Waals surface area contributed by atoms with E-state index in [2.05, 4.69) is 20.4 Å². The van der Waals surface area contributed by atoms with Crippen LogP contribution >= 0.6 is 11.6 Å². The Kier molecular flexibility index (Phi) is 4.32. The van der Waals surface area contributed by atoms with Gasteiger partial charge in [-0.25, -0.2) is 13.8 Å². The standard InChI is InChI=1S/C15H12ClF2N5O/c16-7-2-1-3-8(4-7)20-15(23-24)9-5-10(17)12(18)14-13(9)21-11(6-19)22-14/h1-5,24H,6,19H2,(H,20,23)(H,21,22). The van der Waals surface area contributed by atoms with Crippen molar-refractivity contribution in [2.75, 3.05) is 5.32 Å². The van der Waals surface area contributed by atoms with Gasteiger partial charge < -0.3 is 21.2 Å². The van der Waals surface area contributed by atoms with Gasteiger partial charge in [0.25, 0.3) is 0 Å². The first kappa shape index (κ1) is 16.2. The van der Waals surface area contributed by atoms with Gasteiger partial charge >= 0.3 is 0 Å². The van der Waals surface area contributed by atoms with Crippen LogP contribution in [0.25, 0.3) is 11.0 Å². The minimum Gasteiger partial charge on any atom is -0.409 e. The van der Waals surface area contributed by atoms with Gasteiger partial charge in [-0.2, -0.15) is 0 Å². The Morgan fingerprint density at radius 1 is 1.38 bits per heavy atom. The van der Waals surface area contributed by atoms with Crippen molar-refractivity contribution in [3.05, 3.63) is 58.4 Å². The molecule has 9 heteroatoms. The zero-order valence-electron chi connectivity index (χ0n) is 12.1. The molecule has 0 saturated carbocycles. The largest absolute Gasteiger partial charge is 0.409 e. The van der Waals surface area contributed by atoms with Crippen molar-refractivity contribution in [3.63, 3.8) is 0 Å². The molecule has 124 valence electrons. The number of hydrogen-bond donors (Lipinski definition) is 4. The van der Waals surface area contributed by atoms with Crippen molar-refractivity contribution in [2.24, 2.45) is 10.9 Å². The van der Waals surface area contributed by atoms with Crippen LogP contribution in [-0.2, 0) is 6.54 Å². The highest BCUT2D eigenvalue weighted by molar-refractivity contribution is 6.31. The number of nitrogens with one attached hydrogen (secondary N) is 2. The van der Waals surface area contributed by atoms with Crippen molar-refractivity contribution in [3.8, 4) is 0 Å². The van der Waals surface area contributed by atoms with E-state index in [0.717, 1.165) is 6.07 Å². The highest BCUT2D eigenvalue weighted by atomic mass is 35.5. The second-order valence-electron chi connectivity index (χ2n) is 4.92. The van der Waals surface area contributed by atoms with Crippen molar-refractivity contribution in [1.29, 1.82) is 0 Å². The van der Waals surface area contributed by atoms with Gasteiger partial charge in [0.1, 0.15) is 11.3 Å². The van der Waals surface area contributed by atoms with Crippen LogP contribution < -0.4 is 11.1 Å². The van der Waals surface area contributed by atoms with Crippen LogP contribution in [-0.4, -0.2) is 21.0 Å². The topological polar surface area (TPSA) is 99.3 Å². The number of aromatic nitrogens is 2. The number of imidazole rings is 1. The summed E-state index contributed by atoms with van der Waals surface area (Å²) in [5, 5.41) is 15.7. The first-order chi connectivity index (χ1) is 11.5. The predicted octanol–water partition coefficient (Wildman–Crippen LogP) is 3.20. The van der Waals surface area contributed by atoms with Gasteiger partial charge in [-0.15, -0.1) is 0 Å². The van der Waals surface area contributed by atoms with Crippen molar-refractivity contribution in [1.82, 2.24) is 9.97 Å². The van der Waals surface area contributed by atoms with Crippen LogP contribution in [0.5, 0.6) is 0 Å². The second kappa shape index (κ2) is 6.42. The Morgan fingerprint density at radius 2 is 2.17 bits per heavy atom. The summed E-state index contributed by atoms with van der Waals surface area (Å²) in [6, 6.07) is 7.52. The summed E-state index contributed by atoms with van der Waals surface area (Å²) in [5.74, 6) is -2.06. The average molecular weight is 352 g/mol. The minimum atomic E-state index is -1.12. The second-order valence-corrected chi connectivity index (χ2v) is 5.35. The molecule has 0 unspecified atom stereocenters. The van der Waals surface area contributed by atoms with Crippen LogP contribution in [0.3, 0.4) is 0 Å². The Labute approximate surface area is 139 Å². The van der Waals surface area contributed by atoms with Crippen LogP contribution in [0.4, 0.5) is 14.5 Å². The molecule has 0 aliphatic heterocycles. The molecule has 0 amide bonds. The van der Waals surface area contributed by atoms with Gasteiger partial charge in [-0.05, 0) is 24.3 Å². The molecule has 3 aromatic rings. The molecule has 0 atom stereocenters. The third-order valence-corrected chi connectivity index (χ3v) is 3.58. The Morgan fingerprint density at radius 3 is 2.83 bits per heavy atom. The molecule has 24 heavy (non-hydrogen) atoms. The van der Waals surface area contributed by atoms with Gasteiger partial charge in [-0.3, -0.25) is 0 Å². The molecule has 0 saturated heterocycles.